The van der Waals surface area contributed by atoms with Crippen molar-refractivity contribution in [2.45, 2.75) is 31.8 Å². The number of piperidine rings is 1. The van der Waals surface area contributed by atoms with E-state index in [1.165, 1.54) is 18.5 Å². The number of rotatable bonds is 7. The second kappa shape index (κ2) is 9.67. The minimum atomic E-state index is -0.338. The van der Waals surface area contributed by atoms with Gasteiger partial charge >= 0.3 is 0 Å². The molecule has 7 nitrogen and oxygen atoms in total. The number of anilines is 2. The summed E-state index contributed by atoms with van der Waals surface area (Å²) in [6.45, 7) is 0.483. The Morgan fingerprint density at radius 2 is 2.19 bits per heavy atom. The number of benzene rings is 1. The molecule has 1 saturated heterocycles. The summed E-state index contributed by atoms with van der Waals surface area (Å²) in [7, 11) is 0. The van der Waals surface area contributed by atoms with Crippen molar-refractivity contribution < 1.29 is 14.3 Å². The number of pyridine rings is 1. The number of aliphatic hydroxyl groups is 1. The largest absolute Gasteiger partial charge is 0.404 e. The van der Waals surface area contributed by atoms with Crippen molar-refractivity contribution in [1.29, 1.82) is 0 Å². The average molecular weight is 458 g/mol. The van der Waals surface area contributed by atoms with E-state index in [2.05, 4.69) is 15.3 Å². The van der Waals surface area contributed by atoms with Crippen molar-refractivity contribution in [2.24, 2.45) is 16.6 Å². The van der Waals surface area contributed by atoms with Crippen LogP contribution in [0.3, 0.4) is 0 Å². The van der Waals surface area contributed by atoms with E-state index in [9.17, 15) is 14.3 Å². The van der Waals surface area contributed by atoms with Gasteiger partial charge in [0.1, 0.15) is 11.6 Å². The first-order chi connectivity index (χ1) is 15.5. The van der Waals surface area contributed by atoms with Gasteiger partial charge in [0.05, 0.1) is 47.4 Å². The van der Waals surface area contributed by atoms with Crippen LogP contribution < -0.4 is 16.0 Å². The molecular formula is C23H25ClFN5O2. The Morgan fingerprint density at radius 1 is 1.41 bits per heavy atom. The molecule has 9 heteroatoms. The summed E-state index contributed by atoms with van der Waals surface area (Å²) in [6.07, 6.45) is 5.32. The molecule has 2 heterocycles. The van der Waals surface area contributed by atoms with Crippen LogP contribution in [0.1, 0.15) is 24.8 Å². The van der Waals surface area contributed by atoms with Crippen LogP contribution in [0, 0.1) is 11.7 Å². The zero-order valence-corrected chi connectivity index (χ0v) is 18.2. The van der Waals surface area contributed by atoms with Gasteiger partial charge in [-0.15, -0.1) is 0 Å². The predicted molar refractivity (Wildman–Crippen MR) is 123 cm³/mol. The molecule has 2 aromatic rings. The van der Waals surface area contributed by atoms with E-state index < -0.39 is 0 Å². The number of carbonyl (C=O) groups excluding carboxylic acids is 1. The van der Waals surface area contributed by atoms with Gasteiger partial charge in [0.15, 0.2) is 0 Å². The van der Waals surface area contributed by atoms with E-state index in [4.69, 9.17) is 17.3 Å². The first kappa shape index (κ1) is 22.2. The molecule has 0 radical (unpaired) electrons. The molecule has 4 rings (SSSR count). The average Bonchev–Trinajstić information content (AvgIpc) is 3.64. The summed E-state index contributed by atoms with van der Waals surface area (Å²) in [5.74, 6) is 0.304. The van der Waals surface area contributed by atoms with Crippen LogP contribution >= 0.6 is 11.6 Å². The monoisotopic (exact) mass is 457 g/mol. The quantitative estimate of drug-likeness (QED) is 0.553. The number of aromatic nitrogens is 1. The molecule has 1 aromatic carbocycles. The standard InChI is InChI=1S/C23H25ClFN5O2/c24-17-12-28-22(29-20(13-31)14-5-6-14)9-21(17)30-8-7-19(16(10-26)23(30)32)27-11-15-3-1-2-4-18(15)25/h1-4,9-10,12,14,20,31H,5-8,11,13,26H2,(H,28,29)/t20-/m1/s1. The third kappa shape index (κ3) is 4.76. The van der Waals surface area contributed by atoms with E-state index >= 15 is 0 Å². The maximum atomic E-state index is 13.9. The molecule has 2 aliphatic rings. The number of nitrogens with one attached hydrogen (secondary N) is 1. The number of aliphatic imine (C=N–C) groups is 1. The Bertz CT molecular complexity index is 1070. The van der Waals surface area contributed by atoms with Gasteiger partial charge in [0, 0.05) is 30.8 Å². The summed E-state index contributed by atoms with van der Waals surface area (Å²) >= 11 is 6.37. The predicted octanol–water partition coefficient (Wildman–Crippen LogP) is 3.28. The molecule has 1 aromatic heterocycles. The summed E-state index contributed by atoms with van der Waals surface area (Å²) in [6, 6.07) is 8.03. The summed E-state index contributed by atoms with van der Waals surface area (Å²) in [4.78, 5) is 23.5. The van der Waals surface area contributed by atoms with Crippen LogP contribution in [0.25, 0.3) is 0 Å². The fourth-order valence-electron chi connectivity index (χ4n) is 3.81. The van der Waals surface area contributed by atoms with Crippen LogP contribution in [0.4, 0.5) is 15.9 Å². The molecule has 4 N–H and O–H groups in total. The van der Waals surface area contributed by atoms with Crippen LogP contribution in [0.15, 0.2) is 53.3 Å². The highest BCUT2D eigenvalue weighted by Gasteiger charge is 2.32. The number of nitrogens with zero attached hydrogens (tertiary/aromatic N) is 3. The maximum Gasteiger partial charge on any atom is 0.261 e. The van der Waals surface area contributed by atoms with E-state index in [-0.39, 0.29) is 36.5 Å². The van der Waals surface area contributed by atoms with Crippen molar-refractivity contribution in [3.63, 3.8) is 0 Å². The maximum absolute atomic E-state index is 13.9. The Morgan fingerprint density at radius 3 is 2.88 bits per heavy atom. The van der Waals surface area contributed by atoms with Crippen molar-refractivity contribution in [1.82, 2.24) is 4.98 Å². The molecular weight excluding hydrogens is 433 g/mol. The Balaban J connectivity index is 1.53. The van der Waals surface area contributed by atoms with E-state index in [0.717, 1.165) is 12.8 Å². The Kier molecular flexibility index (Phi) is 6.72. The van der Waals surface area contributed by atoms with E-state index in [1.807, 2.05) is 0 Å². The normalized spacial score (nSPS) is 20.1. The topological polar surface area (TPSA) is 104 Å². The number of amides is 1. The van der Waals surface area contributed by atoms with Gasteiger partial charge in [-0.1, -0.05) is 29.8 Å². The van der Waals surface area contributed by atoms with Gasteiger partial charge in [-0.25, -0.2) is 9.37 Å². The van der Waals surface area contributed by atoms with Gasteiger partial charge < -0.3 is 21.1 Å². The number of halogens is 2. The number of aliphatic hydroxyl groups excluding tert-OH is 1. The molecule has 1 aliphatic heterocycles. The molecule has 168 valence electrons. The lowest BCUT2D eigenvalue weighted by molar-refractivity contribution is -0.114. The number of carbonyl (C=O) groups is 1. The van der Waals surface area contributed by atoms with Gasteiger partial charge in [-0.05, 0) is 24.8 Å². The Hall–Kier alpha value is -2.97. The zero-order valence-electron chi connectivity index (χ0n) is 17.5. The highest BCUT2D eigenvalue weighted by atomic mass is 35.5. The highest BCUT2D eigenvalue weighted by molar-refractivity contribution is 6.35. The lowest BCUT2D eigenvalue weighted by Gasteiger charge is -2.30. The third-order valence-corrected chi connectivity index (χ3v) is 6.06. The molecule has 1 saturated carbocycles. The van der Waals surface area contributed by atoms with Crippen molar-refractivity contribution in [3.05, 3.63) is 64.7 Å². The van der Waals surface area contributed by atoms with Crippen LogP contribution in [-0.4, -0.2) is 40.9 Å². The molecule has 32 heavy (non-hydrogen) atoms. The smallest absolute Gasteiger partial charge is 0.261 e. The number of hydrogen-bond acceptors (Lipinski definition) is 6. The molecule has 0 unspecified atom stereocenters. The van der Waals surface area contributed by atoms with Gasteiger partial charge in [-0.2, -0.15) is 0 Å². The van der Waals surface area contributed by atoms with Crippen LogP contribution in [-0.2, 0) is 11.3 Å². The molecule has 1 atom stereocenters. The molecule has 2 fully saturated rings. The molecule has 0 bridgehead atoms. The second-order valence-electron chi connectivity index (χ2n) is 7.93. The highest BCUT2D eigenvalue weighted by Crippen LogP contribution is 2.35. The van der Waals surface area contributed by atoms with Crippen LogP contribution in [0.5, 0.6) is 0 Å². The molecule has 1 aliphatic carbocycles. The van der Waals surface area contributed by atoms with Crippen LogP contribution in [0.2, 0.25) is 5.02 Å². The Labute approximate surface area is 190 Å². The second-order valence-corrected chi connectivity index (χ2v) is 8.34. The first-order valence-corrected chi connectivity index (χ1v) is 10.9. The van der Waals surface area contributed by atoms with Gasteiger partial charge in [0.2, 0.25) is 0 Å². The van der Waals surface area contributed by atoms with Crippen molar-refractivity contribution >= 4 is 34.7 Å². The minimum absolute atomic E-state index is 0.00877. The van der Waals surface area contributed by atoms with E-state index in [1.54, 1.807) is 29.2 Å². The fourth-order valence-corrected chi connectivity index (χ4v) is 4.01. The molecule has 0 spiro atoms. The van der Waals surface area contributed by atoms with Gasteiger partial charge in [-0.3, -0.25) is 9.79 Å². The number of hydrogen-bond donors (Lipinski definition) is 3. The van der Waals surface area contributed by atoms with Crippen molar-refractivity contribution in [3.8, 4) is 0 Å². The van der Waals surface area contributed by atoms with E-state index in [0.29, 0.717) is 46.7 Å². The lowest BCUT2D eigenvalue weighted by atomic mass is 10.0. The SMILES string of the molecule is NC=C1C(=O)N(c2cc(N[C@H](CO)C3CC3)ncc2Cl)CCC1=NCc1ccccc1F. The number of nitrogens with two attached hydrogens (primary N) is 1. The zero-order chi connectivity index (χ0) is 22.7. The third-order valence-electron chi connectivity index (χ3n) is 5.77. The molecule has 1 amide bonds. The van der Waals surface area contributed by atoms with Crippen molar-refractivity contribution in [2.75, 3.05) is 23.4 Å². The summed E-state index contributed by atoms with van der Waals surface area (Å²) in [5, 5.41) is 13.2. The summed E-state index contributed by atoms with van der Waals surface area (Å²) in [5.41, 5.74) is 7.53. The minimum Gasteiger partial charge on any atom is -0.404 e. The van der Waals surface area contributed by atoms with Gasteiger partial charge in [0.25, 0.3) is 5.91 Å². The first-order valence-electron chi connectivity index (χ1n) is 10.6. The summed E-state index contributed by atoms with van der Waals surface area (Å²) < 4.78 is 13.9. The lowest BCUT2D eigenvalue weighted by Crippen LogP contribution is -2.42. The fraction of sp³-hybridized carbons (Fsp3) is 0.348.